The van der Waals surface area contributed by atoms with Crippen LogP contribution in [0.2, 0.25) is 10.0 Å². The Morgan fingerprint density at radius 2 is 1.67 bits per heavy atom. The topological polar surface area (TPSA) is 89.8 Å². The van der Waals surface area contributed by atoms with E-state index < -0.39 is 0 Å². The standard InChI is InChI=1S/C23H25Cl2N3OS.ClH.2H2O/c1-26-8-10-27(11-9-26)21-5-3-2-4-18(21)15-22-23(29)28(12-13-30-22)16-17-6-7-19(24)20(25)14-17;;;/h2-7,14-15H,8-13,16H2,1H3;1H;2*1H2. The van der Waals surface area contributed by atoms with Crippen molar-refractivity contribution < 1.29 is 15.7 Å². The highest BCUT2D eigenvalue weighted by Gasteiger charge is 2.25. The van der Waals surface area contributed by atoms with Crippen LogP contribution in [0.3, 0.4) is 0 Å². The van der Waals surface area contributed by atoms with E-state index in [0.29, 0.717) is 16.6 Å². The molecule has 4 rings (SSSR count). The number of hydrogen-bond acceptors (Lipinski definition) is 4. The van der Waals surface area contributed by atoms with Crippen LogP contribution in [0.15, 0.2) is 47.4 Å². The van der Waals surface area contributed by atoms with Gasteiger partial charge in [0.05, 0.1) is 15.0 Å². The molecule has 2 heterocycles. The Bertz CT molecular complexity index is 969. The zero-order valence-electron chi connectivity index (χ0n) is 18.4. The van der Waals surface area contributed by atoms with E-state index in [9.17, 15) is 4.79 Å². The Morgan fingerprint density at radius 3 is 2.36 bits per heavy atom. The Hall–Kier alpha value is -1.45. The molecule has 2 aromatic rings. The number of rotatable bonds is 4. The number of amides is 1. The number of anilines is 1. The lowest BCUT2D eigenvalue weighted by atomic mass is 10.1. The van der Waals surface area contributed by atoms with Gasteiger partial charge in [-0.3, -0.25) is 4.79 Å². The Morgan fingerprint density at radius 1 is 0.970 bits per heavy atom. The molecule has 182 valence electrons. The van der Waals surface area contributed by atoms with E-state index in [4.69, 9.17) is 23.2 Å². The van der Waals surface area contributed by atoms with Crippen molar-refractivity contribution in [1.29, 1.82) is 0 Å². The van der Waals surface area contributed by atoms with Gasteiger partial charge in [-0.15, -0.1) is 24.2 Å². The molecule has 4 N–H and O–H groups in total. The van der Waals surface area contributed by atoms with Crippen LogP contribution < -0.4 is 4.90 Å². The molecule has 2 aliphatic heterocycles. The van der Waals surface area contributed by atoms with Gasteiger partial charge in [-0.05, 0) is 42.4 Å². The number of piperazine rings is 1. The zero-order valence-corrected chi connectivity index (χ0v) is 21.5. The summed E-state index contributed by atoms with van der Waals surface area (Å²) in [6, 6.07) is 13.9. The lowest BCUT2D eigenvalue weighted by molar-refractivity contribution is -0.126. The molecule has 0 aliphatic carbocycles. The summed E-state index contributed by atoms with van der Waals surface area (Å²) in [5.74, 6) is 0.959. The van der Waals surface area contributed by atoms with Gasteiger partial charge in [0.15, 0.2) is 0 Å². The summed E-state index contributed by atoms with van der Waals surface area (Å²) in [5, 5.41) is 1.05. The highest BCUT2D eigenvalue weighted by Crippen LogP contribution is 2.31. The van der Waals surface area contributed by atoms with E-state index in [1.165, 1.54) is 5.69 Å². The van der Waals surface area contributed by atoms with Crippen LogP contribution >= 0.6 is 47.4 Å². The molecular weight excluding hydrogens is 505 g/mol. The van der Waals surface area contributed by atoms with Crippen LogP contribution in [0.25, 0.3) is 6.08 Å². The summed E-state index contributed by atoms with van der Waals surface area (Å²) in [6.07, 6.45) is 2.06. The Labute approximate surface area is 215 Å². The third-order valence-corrected chi connectivity index (χ3v) is 7.27. The smallest absolute Gasteiger partial charge is 0.260 e. The van der Waals surface area contributed by atoms with E-state index in [1.807, 2.05) is 23.1 Å². The molecule has 6 nitrogen and oxygen atoms in total. The minimum Gasteiger partial charge on any atom is -0.412 e. The number of para-hydroxylation sites is 1. The van der Waals surface area contributed by atoms with Gasteiger partial charge in [0.25, 0.3) is 5.91 Å². The SMILES string of the molecule is CN1CCN(c2ccccc2C=C2SCCN(Cc3ccc(Cl)c(Cl)c3)C2=O)CC1.Cl.O.O. The van der Waals surface area contributed by atoms with Crippen molar-refractivity contribution in [3.05, 3.63) is 68.5 Å². The molecule has 0 aromatic heterocycles. The number of thioether (sulfide) groups is 1. The molecule has 33 heavy (non-hydrogen) atoms. The van der Waals surface area contributed by atoms with Gasteiger partial charge < -0.3 is 25.7 Å². The van der Waals surface area contributed by atoms with E-state index in [1.54, 1.807) is 17.8 Å². The third kappa shape index (κ3) is 7.26. The summed E-state index contributed by atoms with van der Waals surface area (Å²) < 4.78 is 0. The number of benzene rings is 2. The molecule has 2 fully saturated rings. The maximum absolute atomic E-state index is 13.2. The largest absolute Gasteiger partial charge is 0.412 e. The predicted octanol–water partition coefficient (Wildman–Crippen LogP) is 3.63. The normalized spacial score (nSPS) is 17.8. The molecule has 2 saturated heterocycles. The van der Waals surface area contributed by atoms with Crippen molar-refractivity contribution in [2.24, 2.45) is 0 Å². The van der Waals surface area contributed by atoms with Crippen molar-refractivity contribution in [3.63, 3.8) is 0 Å². The molecule has 1 amide bonds. The number of carbonyl (C=O) groups is 1. The number of halogens is 3. The number of nitrogens with zero attached hydrogens (tertiary/aromatic N) is 3. The minimum atomic E-state index is 0. The van der Waals surface area contributed by atoms with Crippen molar-refractivity contribution in [2.45, 2.75) is 6.54 Å². The first kappa shape index (κ1) is 29.6. The molecule has 2 aromatic carbocycles. The van der Waals surface area contributed by atoms with Gasteiger partial charge in [-0.25, -0.2) is 0 Å². The average Bonchev–Trinajstić information content (AvgIpc) is 2.75. The first-order valence-corrected chi connectivity index (χ1v) is 11.9. The third-order valence-electron chi connectivity index (χ3n) is 5.54. The predicted molar refractivity (Wildman–Crippen MR) is 143 cm³/mol. The number of hydrogen-bond donors (Lipinski definition) is 0. The van der Waals surface area contributed by atoms with Crippen LogP contribution in [0.4, 0.5) is 5.69 Å². The molecule has 0 atom stereocenters. The molecule has 0 bridgehead atoms. The molecule has 10 heteroatoms. The highest BCUT2D eigenvalue weighted by molar-refractivity contribution is 8.04. The van der Waals surface area contributed by atoms with E-state index >= 15 is 0 Å². The second-order valence-corrected chi connectivity index (χ2v) is 9.63. The highest BCUT2D eigenvalue weighted by atomic mass is 35.5. The lowest BCUT2D eigenvalue weighted by Gasteiger charge is -2.35. The van der Waals surface area contributed by atoms with E-state index in [-0.39, 0.29) is 29.3 Å². The number of likely N-dealkylation sites (N-methyl/N-ethyl adjacent to an activating group) is 1. The van der Waals surface area contributed by atoms with Crippen molar-refractivity contribution in [3.8, 4) is 0 Å². The zero-order chi connectivity index (χ0) is 21.1. The molecule has 0 saturated carbocycles. The summed E-state index contributed by atoms with van der Waals surface area (Å²) >= 11 is 13.8. The Kier molecular flexibility index (Phi) is 12.0. The monoisotopic (exact) mass is 533 g/mol. The molecule has 0 radical (unpaired) electrons. The van der Waals surface area contributed by atoms with Gasteiger partial charge in [0, 0.05) is 50.7 Å². The summed E-state index contributed by atoms with van der Waals surface area (Å²) in [7, 11) is 2.16. The minimum absolute atomic E-state index is 0. The fourth-order valence-corrected chi connectivity index (χ4v) is 5.10. The van der Waals surface area contributed by atoms with E-state index in [0.717, 1.165) is 54.5 Å². The Balaban J connectivity index is 0.00000181. The van der Waals surface area contributed by atoms with Crippen LogP contribution in [-0.4, -0.2) is 72.2 Å². The maximum atomic E-state index is 13.2. The quantitative estimate of drug-likeness (QED) is 0.560. The first-order chi connectivity index (χ1) is 14.5. The van der Waals surface area contributed by atoms with Gasteiger partial charge in [0.1, 0.15) is 0 Å². The summed E-state index contributed by atoms with van der Waals surface area (Å²) in [4.78, 5) is 20.6. The second-order valence-electron chi connectivity index (χ2n) is 7.68. The van der Waals surface area contributed by atoms with E-state index in [2.05, 4.69) is 41.1 Å². The fraction of sp³-hybridized carbons (Fsp3) is 0.348. The lowest BCUT2D eigenvalue weighted by Crippen LogP contribution is -2.44. The summed E-state index contributed by atoms with van der Waals surface area (Å²) in [6.45, 7) is 5.36. The van der Waals surface area contributed by atoms with Crippen LogP contribution in [0.1, 0.15) is 11.1 Å². The fourth-order valence-electron chi connectivity index (χ4n) is 3.78. The van der Waals surface area contributed by atoms with Gasteiger partial charge in [-0.1, -0.05) is 47.5 Å². The van der Waals surface area contributed by atoms with Crippen molar-refractivity contribution in [1.82, 2.24) is 9.80 Å². The van der Waals surface area contributed by atoms with Crippen LogP contribution in [-0.2, 0) is 11.3 Å². The molecule has 0 spiro atoms. The van der Waals surface area contributed by atoms with Crippen molar-refractivity contribution >= 4 is 65.0 Å². The molecule has 2 aliphatic rings. The average molecular weight is 535 g/mol. The molecule has 0 unspecified atom stereocenters. The van der Waals surface area contributed by atoms with Crippen LogP contribution in [0, 0.1) is 0 Å². The maximum Gasteiger partial charge on any atom is 0.260 e. The van der Waals surface area contributed by atoms with Crippen molar-refractivity contribution in [2.75, 3.05) is 50.4 Å². The summed E-state index contributed by atoms with van der Waals surface area (Å²) in [5.41, 5.74) is 3.30. The molecular formula is C23H30Cl3N3O3S. The first-order valence-electron chi connectivity index (χ1n) is 10.1. The van der Waals surface area contributed by atoms with Gasteiger partial charge in [0.2, 0.25) is 0 Å². The van der Waals surface area contributed by atoms with Gasteiger partial charge in [-0.2, -0.15) is 0 Å². The second kappa shape index (κ2) is 13.4. The number of carbonyl (C=O) groups excluding carboxylic acids is 1. The van der Waals surface area contributed by atoms with Gasteiger partial charge >= 0.3 is 0 Å². The van der Waals surface area contributed by atoms with Crippen LogP contribution in [0.5, 0.6) is 0 Å².